The molecule has 1 aromatic rings. The van der Waals surface area contributed by atoms with Crippen molar-refractivity contribution in [2.24, 2.45) is 5.41 Å². The Morgan fingerprint density at radius 1 is 1.17 bits per heavy atom. The smallest absolute Gasteiger partial charge is 0.313 e. The number of carbonyl (C=O) groups excluding carboxylic acids is 2. The average molecular weight is 320 g/mol. The van der Waals surface area contributed by atoms with Crippen molar-refractivity contribution in [1.82, 2.24) is 5.32 Å². The zero-order valence-electron chi connectivity index (χ0n) is 14.6. The molecule has 23 heavy (non-hydrogen) atoms. The lowest BCUT2D eigenvalue weighted by atomic mass is 9.87. The van der Waals surface area contributed by atoms with Crippen molar-refractivity contribution in [1.29, 1.82) is 0 Å². The van der Waals surface area contributed by atoms with E-state index in [1.807, 2.05) is 32.0 Å². The summed E-state index contributed by atoms with van der Waals surface area (Å²) >= 11 is 0. The van der Waals surface area contributed by atoms with Gasteiger partial charge in [-0.25, -0.2) is 0 Å². The molecule has 0 radical (unpaired) electrons. The van der Waals surface area contributed by atoms with Crippen LogP contribution in [-0.2, 0) is 9.59 Å². The number of hydrogen-bond acceptors (Lipinski definition) is 3. The van der Waals surface area contributed by atoms with Gasteiger partial charge in [-0.2, -0.15) is 0 Å². The van der Waals surface area contributed by atoms with Crippen LogP contribution in [0.2, 0.25) is 0 Å². The maximum atomic E-state index is 12.0. The zero-order chi connectivity index (χ0) is 17.6. The van der Waals surface area contributed by atoms with Gasteiger partial charge in [-0.15, -0.1) is 0 Å². The first-order valence-corrected chi connectivity index (χ1v) is 7.98. The Morgan fingerprint density at radius 2 is 1.83 bits per heavy atom. The van der Waals surface area contributed by atoms with Crippen molar-refractivity contribution in [3.05, 3.63) is 29.8 Å². The molecule has 0 aliphatic carbocycles. The fraction of sp³-hybridized carbons (Fsp3) is 0.556. The van der Waals surface area contributed by atoms with Gasteiger partial charge >= 0.3 is 11.8 Å². The van der Waals surface area contributed by atoms with Crippen molar-refractivity contribution in [3.63, 3.8) is 0 Å². The molecule has 1 atom stereocenters. The molecule has 0 saturated heterocycles. The number of aliphatic hydroxyl groups excluding tert-OH is 1. The molecule has 2 amide bonds. The number of aliphatic hydroxyl groups is 1. The lowest BCUT2D eigenvalue weighted by molar-refractivity contribution is -0.136. The summed E-state index contributed by atoms with van der Waals surface area (Å²) < 4.78 is 0. The van der Waals surface area contributed by atoms with Gasteiger partial charge in [-0.05, 0) is 42.4 Å². The topological polar surface area (TPSA) is 78.4 Å². The molecule has 3 N–H and O–H groups in total. The molecule has 5 heteroatoms. The first-order chi connectivity index (χ1) is 10.6. The molecule has 128 valence electrons. The largest absolute Gasteiger partial charge is 0.393 e. The van der Waals surface area contributed by atoms with Gasteiger partial charge in [0, 0.05) is 12.2 Å². The Morgan fingerprint density at radius 3 is 2.39 bits per heavy atom. The SMILES string of the molecule is CC(O)CC(C)(C)CNC(=O)C(=O)Nc1cccc(C(C)C)c1. The molecule has 0 bridgehead atoms. The van der Waals surface area contributed by atoms with E-state index in [-0.39, 0.29) is 5.41 Å². The average Bonchev–Trinajstić information content (AvgIpc) is 2.43. The molecule has 0 aromatic heterocycles. The second-order valence-electron chi connectivity index (χ2n) is 7.13. The summed E-state index contributed by atoms with van der Waals surface area (Å²) in [6, 6.07) is 7.47. The minimum atomic E-state index is -0.682. The predicted octanol–water partition coefficient (Wildman–Crippen LogP) is 2.66. The van der Waals surface area contributed by atoms with E-state index in [2.05, 4.69) is 24.5 Å². The summed E-state index contributed by atoms with van der Waals surface area (Å²) in [5.41, 5.74) is 1.43. The van der Waals surface area contributed by atoms with E-state index in [9.17, 15) is 14.7 Å². The van der Waals surface area contributed by atoms with Crippen molar-refractivity contribution in [2.75, 3.05) is 11.9 Å². The second kappa shape index (κ2) is 8.11. The summed E-state index contributed by atoms with van der Waals surface area (Å²) in [7, 11) is 0. The van der Waals surface area contributed by atoms with E-state index >= 15 is 0 Å². The number of hydrogen-bond donors (Lipinski definition) is 3. The van der Waals surface area contributed by atoms with Gasteiger partial charge in [0.2, 0.25) is 0 Å². The van der Waals surface area contributed by atoms with E-state index in [1.165, 1.54) is 0 Å². The van der Waals surface area contributed by atoms with Crippen LogP contribution in [0.5, 0.6) is 0 Å². The first-order valence-electron chi connectivity index (χ1n) is 7.98. The fourth-order valence-electron chi connectivity index (χ4n) is 2.44. The Balaban J connectivity index is 2.58. The Labute approximate surface area is 138 Å². The third-order valence-electron chi connectivity index (χ3n) is 3.59. The molecular weight excluding hydrogens is 292 g/mol. The summed E-state index contributed by atoms with van der Waals surface area (Å²) in [5.74, 6) is -1.00. The van der Waals surface area contributed by atoms with E-state index in [4.69, 9.17) is 0 Å². The highest BCUT2D eigenvalue weighted by Crippen LogP contribution is 2.21. The predicted molar refractivity (Wildman–Crippen MR) is 92.2 cm³/mol. The van der Waals surface area contributed by atoms with Crippen LogP contribution in [0.15, 0.2) is 24.3 Å². The molecule has 0 spiro atoms. The monoisotopic (exact) mass is 320 g/mol. The van der Waals surface area contributed by atoms with Crippen LogP contribution in [0.1, 0.15) is 52.5 Å². The van der Waals surface area contributed by atoms with Crippen LogP contribution in [-0.4, -0.2) is 29.6 Å². The lowest BCUT2D eigenvalue weighted by Crippen LogP contribution is -2.41. The molecule has 0 heterocycles. The van der Waals surface area contributed by atoms with E-state index in [1.54, 1.807) is 13.0 Å². The summed E-state index contributed by atoms with van der Waals surface area (Å²) in [4.78, 5) is 23.9. The highest BCUT2D eigenvalue weighted by Gasteiger charge is 2.23. The van der Waals surface area contributed by atoms with Gasteiger partial charge in [0.05, 0.1) is 6.10 Å². The third-order valence-corrected chi connectivity index (χ3v) is 3.59. The molecule has 1 rings (SSSR count). The maximum Gasteiger partial charge on any atom is 0.313 e. The quantitative estimate of drug-likeness (QED) is 0.705. The Kier molecular flexibility index (Phi) is 6.76. The molecule has 1 unspecified atom stereocenters. The van der Waals surface area contributed by atoms with Gasteiger partial charge < -0.3 is 15.7 Å². The van der Waals surface area contributed by atoms with Crippen molar-refractivity contribution in [2.45, 2.75) is 53.1 Å². The number of carbonyl (C=O) groups is 2. The van der Waals surface area contributed by atoms with Crippen molar-refractivity contribution >= 4 is 17.5 Å². The van der Waals surface area contributed by atoms with Gasteiger partial charge in [-0.1, -0.05) is 39.8 Å². The maximum absolute atomic E-state index is 12.0. The summed E-state index contributed by atoms with van der Waals surface area (Å²) in [5, 5.41) is 14.7. The number of amides is 2. The number of anilines is 1. The molecule has 0 fully saturated rings. The third kappa shape index (κ3) is 6.82. The van der Waals surface area contributed by atoms with Crippen LogP contribution < -0.4 is 10.6 Å². The number of benzene rings is 1. The van der Waals surface area contributed by atoms with Gasteiger partial charge in [-0.3, -0.25) is 9.59 Å². The van der Waals surface area contributed by atoms with Crippen LogP contribution in [0.3, 0.4) is 0 Å². The van der Waals surface area contributed by atoms with E-state index < -0.39 is 17.9 Å². The Hall–Kier alpha value is -1.88. The van der Waals surface area contributed by atoms with Gasteiger partial charge in [0.25, 0.3) is 0 Å². The minimum Gasteiger partial charge on any atom is -0.393 e. The summed E-state index contributed by atoms with van der Waals surface area (Å²) in [6.45, 7) is 10.0. The van der Waals surface area contributed by atoms with Crippen LogP contribution in [0.25, 0.3) is 0 Å². The first kappa shape index (κ1) is 19.2. The lowest BCUT2D eigenvalue weighted by Gasteiger charge is -2.26. The highest BCUT2D eigenvalue weighted by molar-refractivity contribution is 6.39. The standard InChI is InChI=1S/C18H28N2O3/c1-12(2)14-7-6-8-15(9-14)20-17(23)16(22)19-11-18(4,5)10-13(3)21/h6-9,12-13,21H,10-11H2,1-5H3,(H,19,22)(H,20,23). The van der Waals surface area contributed by atoms with Crippen LogP contribution in [0, 0.1) is 5.41 Å². The molecule has 5 nitrogen and oxygen atoms in total. The van der Waals surface area contributed by atoms with E-state index in [0.29, 0.717) is 24.6 Å². The van der Waals surface area contributed by atoms with Crippen LogP contribution in [0.4, 0.5) is 5.69 Å². The Bertz CT molecular complexity index is 551. The molecular formula is C18H28N2O3. The normalized spacial score (nSPS) is 12.8. The zero-order valence-corrected chi connectivity index (χ0v) is 14.6. The van der Waals surface area contributed by atoms with Gasteiger partial charge in [0.1, 0.15) is 0 Å². The molecule has 0 saturated carbocycles. The molecule has 1 aromatic carbocycles. The van der Waals surface area contributed by atoms with E-state index in [0.717, 1.165) is 5.56 Å². The summed E-state index contributed by atoms with van der Waals surface area (Å²) in [6.07, 6.45) is 0.0974. The molecule has 0 aliphatic rings. The molecule has 0 aliphatic heterocycles. The second-order valence-corrected chi connectivity index (χ2v) is 7.13. The minimum absolute atomic E-state index is 0.276. The van der Waals surface area contributed by atoms with Gasteiger partial charge in [0.15, 0.2) is 0 Å². The van der Waals surface area contributed by atoms with Crippen molar-refractivity contribution < 1.29 is 14.7 Å². The fourth-order valence-corrected chi connectivity index (χ4v) is 2.44. The van der Waals surface area contributed by atoms with Crippen molar-refractivity contribution in [3.8, 4) is 0 Å². The van der Waals surface area contributed by atoms with Crippen LogP contribution >= 0.6 is 0 Å². The number of rotatable bonds is 6. The highest BCUT2D eigenvalue weighted by atomic mass is 16.3. The number of nitrogens with one attached hydrogen (secondary N) is 2.